The van der Waals surface area contributed by atoms with E-state index in [2.05, 4.69) is 10.3 Å². The standard InChI is InChI=1S/C10H13FN2O2S/c1-7(16(2)15)6-12-10(14)8-4-3-5-9(11)13-8/h3-5,7H,6H2,1-2H3,(H,12,14). The number of halogens is 1. The van der Waals surface area contributed by atoms with Crippen LogP contribution in [0.3, 0.4) is 0 Å². The van der Waals surface area contributed by atoms with Crippen molar-refractivity contribution in [3.8, 4) is 0 Å². The van der Waals surface area contributed by atoms with E-state index in [9.17, 15) is 13.4 Å². The van der Waals surface area contributed by atoms with Gasteiger partial charge >= 0.3 is 0 Å². The minimum Gasteiger partial charge on any atom is -0.350 e. The normalized spacial score (nSPS) is 14.2. The van der Waals surface area contributed by atoms with Crippen LogP contribution in [-0.2, 0) is 10.8 Å². The fourth-order valence-electron chi connectivity index (χ4n) is 0.979. The summed E-state index contributed by atoms with van der Waals surface area (Å²) in [5.41, 5.74) is 0.0223. The maximum atomic E-state index is 12.7. The number of carbonyl (C=O) groups excluding carboxylic acids is 1. The molecule has 1 heterocycles. The van der Waals surface area contributed by atoms with Gasteiger partial charge in [-0.3, -0.25) is 9.00 Å². The third-order valence-corrected chi connectivity index (χ3v) is 3.36. The first kappa shape index (κ1) is 12.8. The molecule has 1 N–H and O–H groups in total. The van der Waals surface area contributed by atoms with E-state index in [1.807, 2.05) is 0 Å². The molecule has 1 amide bonds. The second kappa shape index (κ2) is 5.69. The maximum Gasteiger partial charge on any atom is 0.270 e. The molecule has 2 atom stereocenters. The van der Waals surface area contributed by atoms with Crippen LogP contribution in [0.4, 0.5) is 4.39 Å². The molecule has 0 aliphatic rings. The zero-order valence-corrected chi connectivity index (χ0v) is 9.88. The highest BCUT2D eigenvalue weighted by Crippen LogP contribution is 1.98. The van der Waals surface area contributed by atoms with Gasteiger partial charge in [-0.1, -0.05) is 6.07 Å². The number of nitrogens with zero attached hydrogens (tertiary/aromatic N) is 1. The van der Waals surface area contributed by atoms with E-state index in [4.69, 9.17) is 0 Å². The van der Waals surface area contributed by atoms with Crippen molar-refractivity contribution in [2.75, 3.05) is 12.8 Å². The van der Waals surface area contributed by atoms with Gasteiger partial charge in [-0.2, -0.15) is 4.39 Å². The molecule has 88 valence electrons. The van der Waals surface area contributed by atoms with Gasteiger partial charge in [-0.15, -0.1) is 0 Å². The first-order valence-corrected chi connectivity index (χ1v) is 6.36. The predicted octanol–water partition coefficient (Wildman–Crippen LogP) is 0.718. The molecule has 1 aromatic heterocycles. The number of amides is 1. The SMILES string of the molecule is CC(CNC(=O)c1cccc(F)n1)S(C)=O. The fourth-order valence-corrected chi connectivity index (χ4v) is 1.30. The number of hydrogen-bond donors (Lipinski definition) is 1. The van der Waals surface area contributed by atoms with Crippen LogP contribution >= 0.6 is 0 Å². The fraction of sp³-hybridized carbons (Fsp3) is 0.400. The molecular formula is C10H13FN2O2S. The summed E-state index contributed by atoms with van der Waals surface area (Å²) in [6, 6.07) is 4.01. The van der Waals surface area contributed by atoms with Crippen LogP contribution in [0.1, 0.15) is 17.4 Å². The number of pyridine rings is 1. The van der Waals surface area contributed by atoms with Crippen LogP contribution in [0.5, 0.6) is 0 Å². The topological polar surface area (TPSA) is 59.1 Å². The molecule has 4 nitrogen and oxygen atoms in total. The Morgan fingerprint density at radius 1 is 1.62 bits per heavy atom. The summed E-state index contributed by atoms with van der Waals surface area (Å²) in [5.74, 6) is -1.16. The average molecular weight is 244 g/mol. The van der Waals surface area contributed by atoms with E-state index in [1.165, 1.54) is 18.2 Å². The van der Waals surface area contributed by atoms with Crippen molar-refractivity contribution in [3.05, 3.63) is 29.8 Å². The zero-order chi connectivity index (χ0) is 12.1. The molecule has 0 spiro atoms. The highest BCUT2D eigenvalue weighted by atomic mass is 32.2. The number of nitrogens with one attached hydrogen (secondary N) is 1. The van der Waals surface area contributed by atoms with Gasteiger partial charge in [0.25, 0.3) is 5.91 Å². The molecule has 0 aliphatic heterocycles. The molecule has 0 fully saturated rings. The van der Waals surface area contributed by atoms with Crippen LogP contribution in [0.15, 0.2) is 18.2 Å². The van der Waals surface area contributed by atoms with Crippen molar-refractivity contribution in [1.82, 2.24) is 10.3 Å². The second-order valence-electron chi connectivity index (χ2n) is 3.36. The van der Waals surface area contributed by atoms with E-state index >= 15 is 0 Å². The summed E-state index contributed by atoms with van der Waals surface area (Å²) in [5, 5.41) is 2.40. The van der Waals surface area contributed by atoms with Crippen LogP contribution in [-0.4, -0.2) is 33.2 Å². The van der Waals surface area contributed by atoms with Gasteiger partial charge in [0, 0.05) is 28.9 Å². The molecule has 0 radical (unpaired) electrons. The lowest BCUT2D eigenvalue weighted by atomic mass is 10.3. The lowest BCUT2D eigenvalue weighted by Gasteiger charge is -2.09. The lowest BCUT2D eigenvalue weighted by Crippen LogP contribution is -2.33. The third kappa shape index (κ3) is 3.69. The minimum absolute atomic E-state index is 0.0223. The quantitative estimate of drug-likeness (QED) is 0.794. The van der Waals surface area contributed by atoms with Crippen LogP contribution in [0, 0.1) is 5.95 Å². The largest absolute Gasteiger partial charge is 0.350 e. The summed E-state index contributed by atoms with van der Waals surface area (Å²) in [4.78, 5) is 14.9. The second-order valence-corrected chi connectivity index (χ2v) is 5.17. The number of carbonyl (C=O) groups is 1. The summed E-state index contributed by atoms with van der Waals surface area (Å²) in [6.07, 6.45) is 1.57. The molecular weight excluding hydrogens is 231 g/mol. The molecule has 0 saturated heterocycles. The van der Waals surface area contributed by atoms with Gasteiger partial charge in [0.2, 0.25) is 5.95 Å². The van der Waals surface area contributed by atoms with Gasteiger partial charge in [-0.05, 0) is 19.1 Å². The molecule has 0 bridgehead atoms. The van der Waals surface area contributed by atoms with Crippen molar-refractivity contribution < 1.29 is 13.4 Å². The van der Waals surface area contributed by atoms with Crippen LogP contribution < -0.4 is 5.32 Å². The molecule has 16 heavy (non-hydrogen) atoms. The van der Waals surface area contributed by atoms with Gasteiger partial charge in [-0.25, -0.2) is 4.98 Å². The summed E-state index contributed by atoms with van der Waals surface area (Å²) < 4.78 is 23.7. The monoisotopic (exact) mass is 244 g/mol. The average Bonchev–Trinajstić information content (AvgIpc) is 2.25. The Labute approximate surface area is 95.7 Å². The summed E-state index contributed by atoms with van der Waals surface area (Å²) >= 11 is 0. The molecule has 6 heteroatoms. The summed E-state index contributed by atoms with van der Waals surface area (Å²) in [7, 11) is -0.997. The third-order valence-electron chi connectivity index (χ3n) is 2.06. The first-order chi connectivity index (χ1) is 7.50. The Balaban J connectivity index is 2.56. The Kier molecular flexibility index (Phi) is 4.54. The molecule has 1 aromatic rings. The Morgan fingerprint density at radius 3 is 2.88 bits per heavy atom. The minimum atomic E-state index is -0.997. The van der Waals surface area contributed by atoms with Gasteiger partial charge in [0.15, 0.2) is 0 Å². The molecule has 0 aromatic carbocycles. The van der Waals surface area contributed by atoms with Crippen molar-refractivity contribution in [3.63, 3.8) is 0 Å². The van der Waals surface area contributed by atoms with Crippen LogP contribution in [0.25, 0.3) is 0 Å². The predicted molar refractivity (Wildman–Crippen MR) is 60.1 cm³/mol. The van der Waals surface area contributed by atoms with Gasteiger partial charge < -0.3 is 5.32 Å². The van der Waals surface area contributed by atoms with E-state index in [0.29, 0.717) is 0 Å². The highest BCUT2D eigenvalue weighted by Gasteiger charge is 2.11. The van der Waals surface area contributed by atoms with E-state index in [-0.39, 0.29) is 17.5 Å². The smallest absolute Gasteiger partial charge is 0.270 e. The van der Waals surface area contributed by atoms with Gasteiger partial charge in [0.1, 0.15) is 5.69 Å². The number of rotatable bonds is 4. The summed E-state index contributed by atoms with van der Waals surface area (Å²) in [6.45, 7) is 2.04. The first-order valence-electron chi connectivity index (χ1n) is 4.73. The van der Waals surface area contributed by atoms with Crippen molar-refractivity contribution >= 4 is 16.7 Å². The van der Waals surface area contributed by atoms with Crippen molar-refractivity contribution in [2.24, 2.45) is 0 Å². The molecule has 1 rings (SSSR count). The maximum absolute atomic E-state index is 12.7. The molecule has 0 saturated carbocycles. The van der Waals surface area contributed by atoms with E-state index < -0.39 is 22.7 Å². The Bertz CT molecular complexity index is 412. The number of aromatic nitrogens is 1. The van der Waals surface area contributed by atoms with E-state index in [1.54, 1.807) is 13.2 Å². The van der Waals surface area contributed by atoms with Gasteiger partial charge in [0.05, 0.1) is 0 Å². The van der Waals surface area contributed by atoms with Crippen molar-refractivity contribution in [1.29, 1.82) is 0 Å². The molecule has 2 unspecified atom stereocenters. The van der Waals surface area contributed by atoms with E-state index in [0.717, 1.165) is 0 Å². The van der Waals surface area contributed by atoms with Crippen molar-refractivity contribution in [2.45, 2.75) is 12.2 Å². The highest BCUT2D eigenvalue weighted by molar-refractivity contribution is 7.84. The Morgan fingerprint density at radius 2 is 2.31 bits per heavy atom. The number of hydrogen-bond acceptors (Lipinski definition) is 3. The molecule has 0 aliphatic carbocycles. The zero-order valence-electron chi connectivity index (χ0n) is 9.07. The lowest BCUT2D eigenvalue weighted by molar-refractivity contribution is 0.0948. The Hall–Kier alpha value is -1.30. The van der Waals surface area contributed by atoms with Crippen LogP contribution in [0.2, 0.25) is 0 Å².